The first kappa shape index (κ1) is 18.3. The molecule has 0 saturated carbocycles. The molecule has 24 heavy (non-hydrogen) atoms. The van der Waals surface area contributed by atoms with Crippen LogP contribution in [0.3, 0.4) is 0 Å². The van der Waals surface area contributed by atoms with Crippen molar-refractivity contribution in [3.63, 3.8) is 0 Å². The molecule has 0 aromatic heterocycles. The average molecular weight is 339 g/mol. The average Bonchev–Trinajstić information content (AvgIpc) is 2.52. The van der Waals surface area contributed by atoms with Gasteiger partial charge < -0.3 is 16.0 Å². The molecule has 0 aliphatic carbocycles. The van der Waals surface area contributed by atoms with E-state index in [4.69, 9.17) is 5.73 Å². The second-order valence-electron chi connectivity index (χ2n) is 6.45. The minimum atomic E-state index is -0.952. The van der Waals surface area contributed by atoms with Crippen molar-refractivity contribution in [2.45, 2.75) is 38.8 Å². The Hall–Kier alpha value is -2.02. The highest BCUT2D eigenvalue weighted by molar-refractivity contribution is 5.98. The van der Waals surface area contributed by atoms with E-state index in [-0.39, 0.29) is 17.9 Å². The number of benzene rings is 1. The highest BCUT2D eigenvalue weighted by Crippen LogP contribution is 2.16. The Balaban J connectivity index is 2.13. The van der Waals surface area contributed by atoms with Crippen molar-refractivity contribution < 1.29 is 18.4 Å². The van der Waals surface area contributed by atoms with Crippen LogP contribution in [0.1, 0.15) is 37.0 Å². The van der Waals surface area contributed by atoms with Gasteiger partial charge in [0.05, 0.1) is 0 Å². The van der Waals surface area contributed by atoms with Crippen molar-refractivity contribution in [2.75, 3.05) is 13.1 Å². The molecule has 1 aromatic carbocycles. The maximum absolute atomic E-state index is 13.7. The Morgan fingerprint density at radius 3 is 2.25 bits per heavy atom. The monoisotopic (exact) mass is 339 g/mol. The smallest absolute Gasteiger partial charge is 0.257 e. The van der Waals surface area contributed by atoms with Gasteiger partial charge >= 0.3 is 0 Å². The number of rotatable bonds is 4. The summed E-state index contributed by atoms with van der Waals surface area (Å²) >= 11 is 0. The van der Waals surface area contributed by atoms with Gasteiger partial charge in [0.1, 0.15) is 23.2 Å². The van der Waals surface area contributed by atoms with Gasteiger partial charge in [0, 0.05) is 19.1 Å². The number of carbonyl (C=O) groups excluding carboxylic acids is 2. The topological polar surface area (TPSA) is 75.4 Å². The van der Waals surface area contributed by atoms with Gasteiger partial charge in [0.15, 0.2) is 0 Å². The molecule has 3 N–H and O–H groups in total. The van der Waals surface area contributed by atoms with Gasteiger partial charge in [-0.25, -0.2) is 8.78 Å². The molecule has 1 aromatic rings. The Morgan fingerprint density at radius 2 is 1.75 bits per heavy atom. The van der Waals surface area contributed by atoms with Crippen LogP contribution in [0.4, 0.5) is 8.78 Å². The minimum absolute atomic E-state index is 0.0775. The number of hydrogen-bond donors (Lipinski definition) is 2. The maximum atomic E-state index is 13.7. The van der Waals surface area contributed by atoms with Crippen LogP contribution in [0.2, 0.25) is 0 Å². The van der Waals surface area contributed by atoms with E-state index in [0.29, 0.717) is 25.9 Å². The number of nitrogens with one attached hydrogen (secondary N) is 1. The van der Waals surface area contributed by atoms with Crippen molar-refractivity contribution >= 4 is 11.8 Å². The fourth-order valence-electron chi connectivity index (χ4n) is 2.76. The third-order valence-corrected chi connectivity index (χ3v) is 4.26. The Morgan fingerprint density at radius 1 is 1.21 bits per heavy atom. The molecule has 0 bridgehead atoms. The molecule has 1 saturated heterocycles. The first-order chi connectivity index (χ1) is 11.3. The van der Waals surface area contributed by atoms with Crippen molar-refractivity contribution in [1.29, 1.82) is 0 Å². The number of hydrogen-bond acceptors (Lipinski definition) is 3. The molecule has 7 heteroatoms. The Bertz CT molecular complexity index is 594. The van der Waals surface area contributed by atoms with E-state index in [1.807, 2.05) is 0 Å². The highest BCUT2D eigenvalue weighted by Gasteiger charge is 2.31. The summed E-state index contributed by atoms with van der Waals surface area (Å²) in [4.78, 5) is 26.6. The number of nitrogens with two attached hydrogens (primary N) is 1. The predicted molar refractivity (Wildman–Crippen MR) is 86.2 cm³/mol. The zero-order valence-electron chi connectivity index (χ0n) is 13.9. The Kier molecular flexibility index (Phi) is 5.88. The lowest BCUT2D eigenvalue weighted by molar-refractivity contribution is -0.135. The third-order valence-electron chi connectivity index (χ3n) is 4.26. The quantitative estimate of drug-likeness (QED) is 0.876. The number of amides is 2. The van der Waals surface area contributed by atoms with Crippen LogP contribution < -0.4 is 11.1 Å². The van der Waals surface area contributed by atoms with Gasteiger partial charge in [0.2, 0.25) is 5.91 Å². The predicted octanol–water partition coefficient (Wildman–Crippen LogP) is 1.67. The summed E-state index contributed by atoms with van der Waals surface area (Å²) in [5, 5.41) is 2.48. The molecule has 5 nitrogen and oxygen atoms in total. The van der Waals surface area contributed by atoms with Gasteiger partial charge in [-0.1, -0.05) is 19.9 Å². The first-order valence-electron chi connectivity index (χ1n) is 8.10. The second kappa shape index (κ2) is 7.70. The molecule has 132 valence electrons. The molecule has 2 rings (SSSR count). The lowest BCUT2D eigenvalue weighted by atomic mass is 9.99. The molecule has 2 amide bonds. The minimum Gasteiger partial charge on any atom is -0.341 e. The molecule has 1 heterocycles. The van der Waals surface area contributed by atoms with Crippen molar-refractivity contribution in [2.24, 2.45) is 11.7 Å². The molecule has 0 radical (unpaired) electrons. The summed E-state index contributed by atoms with van der Waals surface area (Å²) < 4.78 is 27.5. The van der Waals surface area contributed by atoms with Crippen LogP contribution in [0.25, 0.3) is 0 Å². The van der Waals surface area contributed by atoms with Gasteiger partial charge in [0.25, 0.3) is 5.91 Å². The van der Waals surface area contributed by atoms with Gasteiger partial charge in [-0.15, -0.1) is 0 Å². The molecule has 1 fully saturated rings. The summed E-state index contributed by atoms with van der Waals surface area (Å²) in [6.07, 6.45) is 1.40. The molecule has 1 aliphatic rings. The maximum Gasteiger partial charge on any atom is 0.257 e. The number of halogens is 2. The number of carbonyl (C=O) groups is 2. The normalized spacial score (nSPS) is 17.0. The standard InChI is InChI=1S/C17H23F2N3O2/c1-10(2)15(17(24)22-8-6-11(20)7-9-22)21-16(23)14-12(18)4-3-5-13(14)19/h3-5,10-11,15H,6-9,20H2,1-2H3,(H,21,23). The van der Waals surface area contributed by atoms with Crippen LogP contribution in [-0.2, 0) is 4.79 Å². The summed E-state index contributed by atoms with van der Waals surface area (Å²) in [5.41, 5.74) is 5.16. The van der Waals surface area contributed by atoms with Gasteiger partial charge in [-0.3, -0.25) is 9.59 Å². The van der Waals surface area contributed by atoms with E-state index in [0.717, 1.165) is 12.1 Å². The lowest BCUT2D eigenvalue weighted by Crippen LogP contribution is -2.54. The van der Waals surface area contributed by atoms with Crippen LogP contribution in [0.15, 0.2) is 18.2 Å². The zero-order chi connectivity index (χ0) is 17.9. The first-order valence-corrected chi connectivity index (χ1v) is 8.10. The summed E-state index contributed by atoms with van der Waals surface area (Å²) in [6.45, 7) is 4.59. The lowest BCUT2D eigenvalue weighted by Gasteiger charge is -2.34. The number of likely N-dealkylation sites (tertiary alicyclic amines) is 1. The molecular formula is C17H23F2N3O2. The van der Waals surface area contributed by atoms with E-state index in [1.54, 1.807) is 18.7 Å². The van der Waals surface area contributed by atoms with E-state index in [1.165, 1.54) is 6.07 Å². The van der Waals surface area contributed by atoms with Gasteiger partial charge in [-0.05, 0) is 30.9 Å². The SMILES string of the molecule is CC(C)C(NC(=O)c1c(F)cccc1F)C(=O)N1CCC(N)CC1. The second-order valence-corrected chi connectivity index (χ2v) is 6.45. The van der Waals surface area contributed by atoms with Crippen LogP contribution in [0, 0.1) is 17.6 Å². The molecule has 1 unspecified atom stereocenters. The zero-order valence-corrected chi connectivity index (χ0v) is 13.9. The largest absolute Gasteiger partial charge is 0.341 e. The number of nitrogens with zero attached hydrogens (tertiary/aromatic N) is 1. The molecule has 0 spiro atoms. The van der Waals surface area contributed by atoms with E-state index in [2.05, 4.69) is 5.32 Å². The van der Waals surface area contributed by atoms with Crippen LogP contribution in [-0.4, -0.2) is 41.9 Å². The molecule has 1 atom stereocenters. The van der Waals surface area contributed by atoms with Crippen LogP contribution in [0.5, 0.6) is 0 Å². The van der Waals surface area contributed by atoms with Gasteiger partial charge in [-0.2, -0.15) is 0 Å². The van der Waals surface area contributed by atoms with Crippen molar-refractivity contribution in [3.8, 4) is 0 Å². The fraction of sp³-hybridized carbons (Fsp3) is 0.529. The third kappa shape index (κ3) is 4.08. The molecule has 1 aliphatic heterocycles. The van der Waals surface area contributed by atoms with Crippen molar-refractivity contribution in [1.82, 2.24) is 10.2 Å². The summed E-state index contributed by atoms with van der Waals surface area (Å²) in [7, 11) is 0. The van der Waals surface area contributed by atoms with E-state index in [9.17, 15) is 18.4 Å². The molecular weight excluding hydrogens is 316 g/mol. The fourth-order valence-corrected chi connectivity index (χ4v) is 2.76. The van der Waals surface area contributed by atoms with Crippen molar-refractivity contribution in [3.05, 3.63) is 35.4 Å². The van der Waals surface area contributed by atoms with E-state index >= 15 is 0 Å². The Labute approximate surface area is 140 Å². The number of piperidine rings is 1. The summed E-state index contributed by atoms with van der Waals surface area (Å²) in [6, 6.07) is 2.44. The van der Waals surface area contributed by atoms with Crippen LogP contribution >= 0.6 is 0 Å². The highest BCUT2D eigenvalue weighted by atomic mass is 19.1. The summed E-state index contributed by atoms with van der Waals surface area (Å²) in [5.74, 6) is -3.29. The van der Waals surface area contributed by atoms with E-state index < -0.39 is 29.1 Å².